The molecule has 2 heterocycles. The van der Waals surface area contributed by atoms with Gasteiger partial charge in [0.1, 0.15) is 17.3 Å². The number of nitrogens with one attached hydrogen (secondary N) is 1. The van der Waals surface area contributed by atoms with Crippen molar-refractivity contribution in [2.45, 2.75) is 51.5 Å². The number of hydrogen-bond acceptors (Lipinski definition) is 5. The summed E-state index contributed by atoms with van der Waals surface area (Å²) in [5.74, 6) is -1.21. The Kier molecular flexibility index (Phi) is 5.20. The molecule has 0 amide bonds. The van der Waals surface area contributed by atoms with Gasteiger partial charge in [-0.25, -0.2) is 18.4 Å². The first kappa shape index (κ1) is 18.3. The molecule has 2 aromatic rings. The number of ether oxygens (including phenoxy) is 1. The van der Waals surface area contributed by atoms with Crippen LogP contribution in [-0.4, -0.2) is 38.3 Å². The summed E-state index contributed by atoms with van der Waals surface area (Å²) in [7, 11) is 0. The molecule has 0 atom stereocenters. The maximum absolute atomic E-state index is 13.4. The van der Waals surface area contributed by atoms with Gasteiger partial charge < -0.3 is 10.1 Å². The molecule has 0 aliphatic heterocycles. The molecule has 26 heavy (non-hydrogen) atoms. The van der Waals surface area contributed by atoms with Crippen LogP contribution < -0.4 is 5.32 Å². The van der Waals surface area contributed by atoms with Crippen molar-refractivity contribution in [2.24, 2.45) is 0 Å². The fourth-order valence-electron chi connectivity index (χ4n) is 2.92. The third kappa shape index (κ3) is 4.36. The first-order chi connectivity index (χ1) is 12.4. The zero-order valence-corrected chi connectivity index (χ0v) is 15.0. The van der Waals surface area contributed by atoms with Gasteiger partial charge >= 0.3 is 0 Å². The van der Waals surface area contributed by atoms with Crippen LogP contribution in [0.25, 0.3) is 11.7 Å². The molecule has 1 fully saturated rings. The second kappa shape index (κ2) is 7.39. The Bertz CT molecular complexity index is 780. The Balaban J connectivity index is 1.86. The lowest BCUT2D eigenvalue weighted by atomic mass is 9.92. The summed E-state index contributed by atoms with van der Waals surface area (Å²) >= 11 is 0. The number of aryl methyl sites for hydroxylation is 1. The van der Waals surface area contributed by atoms with Crippen molar-refractivity contribution in [3.63, 3.8) is 0 Å². The number of halogens is 2. The van der Waals surface area contributed by atoms with Crippen LogP contribution in [0.3, 0.4) is 0 Å². The van der Waals surface area contributed by atoms with E-state index in [1.54, 1.807) is 16.9 Å². The van der Waals surface area contributed by atoms with E-state index in [0.717, 1.165) is 5.69 Å². The quantitative estimate of drug-likeness (QED) is 0.787. The zero-order valence-electron chi connectivity index (χ0n) is 15.0. The fourth-order valence-corrected chi connectivity index (χ4v) is 2.92. The van der Waals surface area contributed by atoms with E-state index in [1.165, 1.54) is 0 Å². The standard InChI is InChI=1S/C18H23F2N5O/c1-4-26-13(3)15-11-16(21-14-5-8-18(19,20)9-6-14)23-17(22-15)25-10-7-12(2)24-25/h7,10-11,14H,3-6,8-9H2,1-2H3,(H,21,22,23). The molecule has 1 saturated carbocycles. The first-order valence-corrected chi connectivity index (χ1v) is 8.74. The van der Waals surface area contributed by atoms with Gasteiger partial charge in [0.15, 0.2) is 0 Å². The van der Waals surface area contributed by atoms with Crippen LogP contribution in [0.5, 0.6) is 0 Å². The highest BCUT2D eigenvalue weighted by Crippen LogP contribution is 2.34. The van der Waals surface area contributed by atoms with Crippen LogP contribution in [0.2, 0.25) is 0 Å². The van der Waals surface area contributed by atoms with E-state index >= 15 is 0 Å². The molecule has 0 bridgehead atoms. The molecule has 0 aromatic carbocycles. The molecule has 2 aromatic heterocycles. The molecular weight excluding hydrogens is 340 g/mol. The van der Waals surface area contributed by atoms with E-state index in [1.807, 2.05) is 19.9 Å². The van der Waals surface area contributed by atoms with Gasteiger partial charge in [-0.15, -0.1) is 0 Å². The Morgan fingerprint density at radius 2 is 2.12 bits per heavy atom. The predicted molar refractivity (Wildman–Crippen MR) is 95.4 cm³/mol. The monoisotopic (exact) mass is 363 g/mol. The molecule has 1 aliphatic carbocycles. The smallest absolute Gasteiger partial charge is 0.253 e. The highest BCUT2D eigenvalue weighted by Gasteiger charge is 2.35. The van der Waals surface area contributed by atoms with Crippen LogP contribution in [0.1, 0.15) is 44.0 Å². The predicted octanol–water partition coefficient (Wildman–Crippen LogP) is 3.97. The molecule has 6 nitrogen and oxygen atoms in total. The van der Waals surface area contributed by atoms with Crippen molar-refractivity contribution >= 4 is 11.6 Å². The van der Waals surface area contributed by atoms with Crippen molar-refractivity contribution in [3.05, 3.63) is 36.3 Å². The minimum atomic E-state index is -2.56. The zero-order chi connectivity index (χ0) is 18.7. The Hall–Kier alpha value is -2.51. The van der Waals surface area contributed by atoms with Crippen LogP contribution in [-0.2, 0) is 4.74 Å². The minimum absolute atomic E-state index is 0.0510. The van der Waals surface area contributed by atoms with Crippen LogP contribution in [0.4, 0.5) is 14.6 Å². The molecule has 0 saturated heterocycles. The van der Waals surface area contributed by atoms with Gasteiger partial charge in [-0.2, -0.15) is 10.1 Å². The summed E-state index contributed by atoms with van der Waals surface area (Å²) in [5.41, 5.74) is 1.38. The van der Waals surface area contributed by atoms with Crippen molar-refractivity contribution in [1.82, 2.24) is 19.7 Å². The molecule has 140 valence electrons. The van der Waals surface area contributed by atoms with E-state index < -0.39 is 5.92 Å². The number of hydrogen-bond donors (Lipinski definition) is 1. The van der Waals surface area contributed by atoms with Gasteiger partial charge in [0, 0.05) is 31.1 Å². The maximum atomic E-state index is 13.4. The normalized spacial score (nSPS) is 17.1. The SMILES string of the molecule is C=C(OCC)c1cc(NC2CCC(F)(F)CC2)nc(-n2ccc(C)n2)n1. The van der Waals surface area contributed by atoms with E-state index in [9.17, 15) is 8.78 Å². The third-order valence-electron chi connectivity index (χ3n) is 4.32. The third-order valence-corrected chi connectivity index (χ3v) is 4.32. The van der Waals surface area contributed by atoms with Gasteiger partial charge in [0.05, 0.1) is 12.3 Å². The summed E-state index contributed by atoms with van der Waals surface area (Å²) < 4.78 is 33.8. The van der Waals surface area contributed by atoms with Crippen molar-refractivity contribution in [1.29, 1.82) is 0 Å². The lowest BCUT2D eigenvalue weighted by molar-refractivity contribution is -0.0361. The molecule has 0 spiro atoms. The first-order valence-electron chi connectivity index (χ1n) is 8.74. The van der Waals surface area contributed by atoms with E-state index in [2.05, 4.69) is 27.0 Å². The van der Waals surface area contributed by atoms with Crippen molar-refractivity contribution < 1.29 is 13.5 Å². The van der Waals surface area contributed by atoms with E-state index in [-0.39, 0.29) is 18.9 Å². The number of rotatable bonds is 6. The molecule has 8 heteroatoms. The van der Waals surface area contributed by atoms with Crippen molar-refractivity contribution in [2.75, 3.05) is 11.9 Å². The highest BCUT2D eigenvalue weighted by atomic mass is 19.3. The van der Waals surface area contributed by atoms with E-state index in [4.69, 9.17) is 4.74 Å². The highest BCUT2D eigenvalue weighted by molar-refractivity contribution is 5.58. The molecule has 1 N–H and O–H groups in total. The van der Waals surface area contributed by atoms with Gasteiger partial charge in [0.25, 0.3) is 5.95 Å². The number of nitrogens with zero attached hydrogens (tertiary/aromatic N) is 4. The van der Waals surface area contributed by atoms with Crippen LogP contribution in [0, 0.1) is 6.92 Å². The summed E-state index contributed by atoms with van der Waals surface area (Å²) in [6, 6.07) is 3.53. The average molecular weight is 363 g/mol. The molecular formula is C18H23F2N5O. The molecule has 1 aliphatic rings. The average Bonchev–Trinajstić information content (AvgIpc) is 3.03. The number of aromatic nitrogens is 4. The lowest BCUT2D eigenvalue weighted by Gasteiger charge is -2.29. The second-order valence-electron chi connectivity index (χ2n) is 6.47. The van der Waals surface area contributed by atoms with Crippen molar-refractivity contribution in [3.8, 4) is 5.95 Å². The lowest BCUT2D eigenvalue weighted by Crippen LogP contribution is -2.32. The summed E-state index contributed by atoms with van der Waals surface area (Å²) in [6.07, 6.45) is 2.34. The summed E-state index contributed by atoms with van der Waals surface area (Å²) in [6.45, 7) is 8.11. The van der Waals surface area contributed by atoms with Gasteiger partial charge in [-0.1, -0.05) is 6.58 Å². The maximum Gasteiger partial charge on any atom is 0.253 e. The minimum Gasteiger partial charge on any atom is -0.492 e. The molecule has 0 unspecified atom stereocenters. The largest absolute Gasteiger partial charge is 0.492 e. The Morgan fingerprint density at radius 3 is 2.73 bits per heavy atom. The topological polar surface area (TPSA) is 64.9 Å². The number of anilines is 1. The Labute approximate surface area is 151 Å². The summed E-state index contributed by atoms with van der Waals surface area (Å²) in [4.78, 5) is 8.94. The van der Waals surface area contributed by atoms with Crippen LogP contribution >= 0.6 is 0 Å². The van der Waals surface area contributed by atoms with E-state index in [0.29, 0.717) is 42.7 Å². The van der Waals surface area contributed by atoms with Gasteiger partial charge in [-0.05, 0) is 32.8 Å². The van der Waals surface area contributed by atoms with Gasteiger partial charge in [0.2, 0.25) is 5.92 Å². The second-order valence-corrected chi connectivity index (χ2v) is 6.47. The molecule has 0 radical (unpaired) electrons. The molecule has 3 rings (SSSR count). The fraction of sp³-hybridized carbons (Fsp3) is 0.500. The Morgan fingerprint density at radius 1 is 1.38 bits per heavy atom. The number of alkyl halides is 2. The van der Waals surface area contributed by atoms with Crippen LogP contribution in [0.15, 0.2) is 24.9 Å². The summed E-state index contributed by atoms with van der Waals surface area (Å²) in [5, 5.41) is 7.58. The van der Waals surface area contributed by atoms with Gasteiger partial charge in [-0.3, -0.25) is 0 Å².